The lowest BCUT2D eigenvalue weighted by Crippen LogP contribution is -2.45. The number of carbonyl (C=O) groups is 1. The smallest absolute Gasteiger partial charge is 0.277 e. The number of fused-ring (bicyclic) bond motifs is 1. The van der Waals surface area contributed by atoms with E-state index in [2.05, 4.69) is 10.3 Å². The molecule has 3 rings (SSSR count). The fourth-order valence-electron chi connectivity index (χ4n) is 2.72. The Labute approximate surface area is 133 Å². The summed E-state index contributed by atoms with van der Waals surface area (Å²) in [7, 11) is 0. The van der Waals surface area contributed by atoms with Crippen LogP contribution in [-0.2, 0) is 16.1 Å². The number of rotatable bonds is 4. The normalized spacial score (nSPS) is 18.3. The van der Waals surface area contributed by atoms with Crippen LogP contribution in [0, 0.1) is 0 Å². The van der Waals surface area contributed by atoms with Crippen molar-refractivity contribution in [3.8, 4) is 0 Å². The summed E-state index contributed by atoms with van der Waals surface area (Å²) in [5.41, 5.74) is 0.357. The Morgan fingerprint density at radius 2 is 2.22 bits per heavy atom. The van der Waals surface area contributed by atoms with E-state index in [1.165, 1.54) is 4.68 Å². The zero-order chi connectivity index (χ0) is 16.2. The number of aryl methyl sites for hydroxylation is 1. The molecule has 23 heavy (non-hydrogen) atoms. The molecule has 0 radical (unpaired) electrons. The predicted molar refractivity (Wildman–Crippen MR) is 85.0 cm³/mol. The molecular weight excluding hydrogens is 296 g/mol. The number of hydrogen-bond donors (Lipinski definition) is 0. The first-order chi connectivity index (χ1) is 11.2. The Hall–Kier alpha value is -2.28. The number of carbonyl (C=O) groups excluding carboxylic acids is 1. The number of morpholine rings is 1. The van der Waals surface area contributed by atoms with E-state index >= 15 is 0 Å². The van der Waals surface area contributed by atoms with Gasteiger partial charge in [-0.1, -0.05) is 24.3 Å². The Bertz CT molecular complexity index is 758. The average molecular weight is 316 g/mol. The van der Waals surface area contributed by atoms with Crippen LogP contribution in [0.15, 0.2) is 29.1 Å². The van der Waals surface area contributed by atoms with Crippen LogP contribution in [-0.4, -0.2) is 51.6 Å². The topological polar surface area (TPSA) is 77.3 Å². The number of benzene rings is 1. The summed E-state index contributed by atoms with van der Waals surface area (Å²) in [5, 5.41) is 8.46. The maximum Gasteiger partial charge on any atom is 0.277 e. The van der Waals surface area contributed by atoms with Crippen LogP contribution in [0.2, 0.25) is 0 Å². The maximum atomic E-state index is 12.3. The second kappa shape index (κ2) is 6.87. The molecule has 0 saturated carbocycles. The summed E-state index contributed by atoms with van der Waals surface area (Å²) in [6.07, 6.45) is 1.24. The summed E-state index contributed by atoms with van der Waals surface area (Å²) in [4.78, 5) is 26.4. The van der Waals surface area contributed by atoms with Gasteiger partial charge in [0.1, 0.15) is 5.52 Å². The van der Waals surface area contributed by atoms with Crippen LogP contribution >= 0.6 is 0 Å². The molecule has 1 aliphatic rings. The van der Waals surface area contributed by atoms with Crippen LogP contribution in [0.1, 0.15) is 19.8 Å². The van der Waals surface area contributed by atoms with E-state index < -0.39 is 0 Å². The second-order valence-electron chi connectivity index (χ2n) is 5.63. The lowest BCUT2D eigenvalue weighted by Gasteiger charge is -2.32. The van der Waals surface area contributed by atoms with Crippen molar-refractivity contribution in [3.05, 3.63) is 34.6 Å². The van der Waals surface area contributed by atoms with Crippen LogP contribution in [0.3, 0.4) is 0 Å². The molecule has 1 fully saturated rings. The Morgan fingerprint density at radius 3 is 3.04 bits per heavy atom. The SMILES string of the molecule is CC[C@H]1CN(C(=O)CCn2nnc3ccccc3c2=O)CCO1. The van der Waals surface area contributed by atoms with Crippen molar-refractivity contribution in [1.29, 1.82) is 0 Å². The van der Waals surface area contributed by atoms with Gasteiger partial charge in [-0.3, -0.25) is 9.59 Å². The largest absolute Gasteiger partial charge is 0.375 e. The monoisotopic (exact) mass is 316 g/mol. The third-order valence-electron chi connectivity index (χ3n) is 4.11. The predicted octanol–water partition coefficient (Wildman–Crippen LogP) is 0.819. The number of amides is 1. The van der Waals surface area contributed by atoms with Crippen molar-refractivity contribution >= 4 is 16.8 Å². The zero-order valence-corrected chi connectivity index (χ0v) is 13.1. The van der Waals surface area contributed by atoms with Crippen molar-refractivity contribution in [1.82, 2.24) is 19.9 Å². The molecule has 122 valence electrons. The van der Waals surface area contributed by atoms with Gasteiger partial charge < -0.3 is 9.64 Å². The zero-order valence-electron chi connectivity index (χ0n) is 13.1. The van der Waals surface area contributed by atoms with Crippen molar-refractivity contribution < 1.29 is 9.53 Å². The van der Waals surface area contributed by atoms with Crippen molar-refractivity contribution in [2.24, 2.45) is 0 Å². The highest BCUT2D eigenvalue weighted by Crippen LogP contribution is 2.10. The number of nitrogens with zero attached hydrogens (tertiary/aromatic N) is 4. The molecule has 2 heterocycles. The van der Waals surface area contributed by atoms with E-state index in [1.807, 2.05) is 13.0 Å². The van der Waals surface area contributed by atoms with Gasteiger partial charge in [0.05, 0.1) is 24.6 Å². The van der Waals surface area contributed by atoms with Crippen LogP contribution < -0.4 is 5.56 Å². The Morgan fingerprint density at radius 1 is 1.39 bits per heavy atom. The van der Waals surface area contributed by atoms with Gasteiger partial charge in [-0.05, 0) is 18.6 Å². The third-order valence-corrected chi connectivity index (χ3v) is 4.11. The van der Waals surface area contributed by atoms with Gasteiger partial charge in [0, 0.05) is 19.5 Å². The molecule has 7 nitrogen and oxygen atoms in total. The van der Waals surface area contributed by atoms with Gasteiger partial charge in [-0.25, -0.2) is 4.68 Å². The molecule has 1 amide bonds. The molecule has 1 aliphatic heterocycles. The second-order valence-corrected chi connectivity index (χ2v) is 5.63. The maximum absolute atomic E-state index is 12.3. The molecule has 7 heteroatoms. The summed E-state index contributed by atoms with van der Waals surface area (Å²) in [6, 6.07) is 7.07. The summed E-state index contributed by atoms with van der Waals surface area (Å²) in [6.45, 7) is 4.08. The average Bonchev–Trinajstić information content (AvgIpc) is 2.61. The molecule has 1 aromatic heterocycles. The van der Waals surface area contributed by atoms with Gasteiger partial charge >= 0.3 is 0 Å². The number of aromatic nitrogens is 3. The third kappa shape index (κ3) is 3.39. The van der Waals surface area contributed by atoms with E-state index in [4.69, 9.17) is 4.74 Å². The van der Waals surface area contributed by atoms with Crippen molar-refractivity contribution in [2.45, 2.75) is 32.4 Å². The lowest BCUT2D eigenvalue weighted by atomic mass is 10.2. The van der Waals surface area contributed by atoms with E-state index in [9.17, 15) is 9.59 Å². The van der Waals surface area contributed by atoms with Crippen LogP contribution in [0.5, 0.6) is 0 Å². The quantitative estimate of drug-likeness (QED) is 0.834. The molecule has 0 N–H and O–H groups in total. The molecule has 0 spiro atoms. The minimum atomic E-state index is -0.211. The van der Waals surface area contributed by atoms with Gasteiger partial charge in [0.15, 0.2) is 0 Å². The first-order valence-electron chi connectivity index (χ1n) is 7.91. The molecule has 0 bridgehead atoms. The fraction of sp³-hybridized carbons (Fsp3) is 0.500. The van der Waals surface area contributed by atoms with E-state index in [0.29, 0.717) is 30.6 Å². The van der Waals surface area contributed by atoms with Gasteiger partial charge in [0.2, 0.25) is 5.91 Å². The van der Waals surface area contributed by atoms with Gasteiger partial charge in [0.25, 0.3) is 5.56 Å². The fourth-order valence-corrected chi connectivity index (χ4v) is 2.72. The Kier molecular flexibility index (Phi) is 4.66. The van der Waals surface area contributed by atoms with E-state index in [1.54, 1.807) is 23.1 Å². The number of ether oxygens (including phenoxy) is 1. The highest BCUT2D eigenvalue weighted by molar-refractivity contribution is 5.77. The molecule has 0 aliphatic carbocycles. The molecule has 1 atom stereocenters. The first-order valence-corrected chi connectivity index (χ1v) is 7.91. The minimum absolute atomic E-state index is 0.0219. The molecule has 1 aromatic carbocycles. The Balaban J connectivity index is 1.67. The molecule has 0 unspecified atom stereocenters. The lowest BCUT2D eigenvalue weighted by molar-refractivity contribution is -0.139. The number of hydrogen-bond acceptors (Lipinski definition) is 5. The highest BCUT2D eigenvalue weighted by atomic mass is 16.5. The van der Waals surface area contributed by atoms with Crippen molar-refractivity contribution in [3.63, 3.8) is 0 Å². The molecule has 1 saturated heterocycles. The summed E-state index contributed by atoms with van der Waals surface area (Å²) < 4.78 is 6.83. The molecular formula is C16H20N4O3. The molecule has 2 aromatic rings. The standard InChI is InChI=1S/C16H20N4O3/c1-2-12-11-19(9-10-23-12)15(21)7-8-20-16(22)13-5-3-4-6-14(13)17-18-20/h3-6,12H,2,7-11H2,1H3/t12-/m0/s1. The van der Waals surface area contributed by atoms with Gasteiger partial charge in [-0.15, -0.1) is 5.10 Å². The van der Waals surface area contributed by atoms with E-state index in [0.717, 1.165) is 6.42 Å². The summed E-state index contributed by atoms with van der Waals surface area (Å²) in [5.74, 6) is 0.0219. The minimum Gasteiger partial charge on any atom is -0.375 e. The van der Waals surface area contributed by atoms with Gasteiger partial charge in [-0.2, -0.15) is 0 Å². The first kappa shape index (κ1) is 15.6. The van der Waals surface area contributed by atoms with Crippen LogP contribution in [0.4, 0.5) is 0 Å². The van der Waals surface area contributed by atoms with E-state index in [-0.39, 0.29) is 30.5 Å². The van der Waals surface area contributed by atoms with Crippen LogP contribution in [0.25, 0.3) is 10.9 Å². The highest BCUT2D eigenvalue weighted by Gasteiger charge is 2.22. The summed E-state index contributed by atoms with van der Waals surface area (Å²) >= 11 is 0. The van der Waals surface area contributed by atoms with Crippen molar-refractivity contribution in [2.75, 3.05) is 19.7 Å².